The Hall–Kier alpha value is -1.66. The highest BCUT2D eigenvalue weighted by molar-refractivity contribution is 5.73. The Morgan fingerprint density at radius 2 is 1.92 bits per heavy atom. The Morgan fingerprint density at radius 1 is 1.21 bits per heavy atom. The number of aromatic nitrogens is 1. The third kappa shape index (κ3) is 3.70. The first-order chi connectivity index (χ1) is 11.4. The number of carbonyl (C=O) groups is 1. The molecule has 0 radical (unpaired) electrons. The van der Waals surface area contributed by atoms with E-state index in [0.29, 0.717) is 12.0 Å². The van der Waals surface area contributed by atoms with Gasteiger partial charge in [0.2, 0.25) is 5.91 Å². The van der Waals surface area contributed by atoms with Crippen LogP contribution in [0.15, 0.2) is 23.1 Å². The van der Waals surface area contributed by atoms with Crippen LogP contribution < -0.4 is 5.56 Å². The van der Waals surface area contributed by atoms with Gasteiger partial charge in [0.05, 0.1) is 0 Å². The summed E-state index contributed by atoms with van der Waals surface area (Å²) >= 11 is 0. The zero-order chi connectivity index (χ0) is 17.3. The van der Waals surface area contributed by atoms with Gasteiger partial charge >= 0.3 is 0 Å². The van der Waals surface area contributed by atoms with E-state index in [-0.39, 0.29) is 11.5 Å². The van der Waals surface area contributed by atoms with E-state index in [1.165, 1.54) is 0 Å². The summed E-state index contributed by atoms with van der Waals surface area (Å²) in [5.74, 6) is 0.793. The summed E-state index contributed by atoms with van der Waals surface area (Å²) in [4.78, 5) is 30.2. The summed E-state index contributed by atoms with van der Waals surface area (Å²) in [6.07, 6.45) is 1.84. The van der Waals surface area contributed by atoms with Gasteiger partial charge in [-0.1, -0.05) is 6.92 Å². The van der Waals surface area contributed by atoms with Crippen molar-refractivity contribution in [1.82, 2.24) is 19.3 Å². The number of pyridine rings is 1. The zero-order valence-electron chi connectivity index (χ0n) is 14.9. The first-order valence-corrected chi connectivity index (χ1v) is 8.81. The van der Waals surface area contributed by atoms with E-state index >= 15 is 0 Å². The third-order valence-corrected chi connectivity index (χ3v) is 5.45. The molecule has 2 fully saturated rings. The SMILES string of the molecule is CC(=O)N1CCN([C@H]2CN(Cc3ccn(C)c(=O)c3)C[C@H]2C)CC1. The molecule has 0 aromatic carbocycles. The van der Waals surface area contributed by atoms with Crippen LogP contribution in [-0.4, -0.2) is 70.5 Å². The van der Waals surface area contributed by atoms with E-state index in [4.69, 9.17) is 0 Å². The number of aryl methyl sites for hydroxylation is 1. The van der Waals surface area contributed by atoms with Crippen molar-refractivity contribution in [1.29, 1.82) is 0 Å². The normalized spacial score (nSPS) is 26.0. The highest BCUT2D eigenvalue weighted by Crippen LogP contribution is 2.24. The smallest absolute Gasteiger partial charge is 0.250 e. The van der Waals surface area contributed by atoms with Gasteiger partial charge in [0.25, 0.3) is 5.56 Å². The van der Waals surface area contributed by atoms with Crippen molar-refractivity contribution >= 4 is 5.91 Å². The van der Waals surface area contributed by atoms with Crippen molar-refractivity contribution in [3.05, 3.63) is 34.2 Å². The van der Waals surface area contributed by atoms with Gasteiger partial charge in [0, 0.05) is 78.1 Å². The van der Waals surface area contributed by atoms with Gasteiger partial charge in [-0.25, -0.2) is 0 Å². The second kappa shape index (κ2) is 7.07. The number of hydrogen-bond acceptors (Lipinski definition) is 4. The van der Waals surface area contributed by atoms with E-state index in [1.807, 2.05) is 17.2 Å². The highest BCUT2D eigenvalue weighted by Gasteiger charge is 2.35. The highest BCUT2D eigenvalue weighted by atomic mass is 16.2. The fourth-order valence-electron chi connectivity index (χ4n) is 3.97. The van der Waals surface area contributed by atoms with Crippen LogP contribution in [0.5, 0.6) is 0 Å². The van der Waals surface area contributed by atoms with Gasteiger partial charge in [-0.2, -0.15) is 0 Å². The lowest BCUT2D eigenvalue weighted by atomic mass is 10.0. The number of nitrogens with zero attached hydrogens (tertiary/aromatic N) is 4. The molecule has 2 atom stereocenters. The minimum atomic E-state index is 0.0525. The van der Waals surface area contributed by atoms with Gasteiger partial charge in [-0.05, 0) is 17.5 Å². The number of rotatable bonds is 3. The third-order valence-electron chi connectivity index (χ3n) is 5.45. The van der Waals surface area contributed by atoms with Crippen LogP contribution in [0.1, 0.15) is 19.4 Å². The van der Waals surface area contributed by atoms with E-state index in [0.717, 1.165) is 51.4 Å². The number of piperazine rings is 1. The molecule has 6 heteroatoms. The predicted octanol–water partition coefficient (Wildman–Crippen LogP) is 0.370. The topological polar surface area (TPSA) is 48.8 Å². The molecule has 6 nitrogen and oxygen atoms in total. The molecular formula is C18H28N4O2. The second-order valence-corrected chi connectivity index (χ2v) is 7.26. The Bertz CT molecular complexity index is 649. The molecule has 3 rings (SSSR count). The average Bonchev–Trinajstić information content (AvgIpc) is 2.91. The standard InChI is InChI=1S/C18H28N4O2/c1-14-11-20(12-16-4-5-19(3)18(24)10-16)13-17(14)22-8-6-21(7-9-22)15(2)23/h4-5,10,14,17H,6-9,11-13H2,1-3H3/t14-,17+/m1/s1. The number of likely N-dealkylation sites (tertiary alicyclic amines) is 1. The molecule has 1 aromatic rings. The number of amides is 1. The number of carbonyl (C=O) groups excluding carboxylic acids is 1. The van der Waals surface area contributed by atoms with Gasteiger partial charge in [0.15, 0.2) is 0 Å². The summed E-state index contributed by atoms with van der Waals surface area (Å²) in [7, 11) is 1.78. The van der Waals surface area contributed by atoms with Gasteiger partial charge < -0.3 is 9.47 Å². The Kier molecular flexibility index (Phi) is 5.06. The molecule has 0 unspecified atom stereocenters. The molecular weight excluding hydrogens is 304 g/mol. The van der Waals surface area contributed by atoms with Crippen molar-refractivity contribution in [2.75, 3.05) is 39.3 Å². The monoisotopic (exact) mass is 332 g/mol. The molecule has 2 saturated heterocycles. The predicted molar refractivity (Wildman–Crippen MR) is 93.7 cm³/mol. The van der Waals surface area contributed by atoms with E-state index < -0.39 is 0 Å². The minimum Gasteiger partial charge on any atom is -0.340 e. The molecule has 24 heavy (non-hydrogen) atoms. The van der Waals surface area contributed by atoms with Gasteiger partial charge in [-0.3, -0.25) is 19.4 Å². The van der Waals surface area contributed by atoms with Crippen molar-refractivity contribution in [2.24, 2.45) is 13.0 Å². The Morgan fingerprint density at radius 3 is 2.54 bits per heavy atom. The lowest BCUT2D eigenvalue weighted by Crippen LogP contribution is -2.53. The maximum Gasteiger partial charge on any atom is 0.250 e. The largest absolute Gasteiger partial charge is 0.340 e. The maximum absolute atomic E-state index is 11.8. The fraction of sp³-hybridized carbons (Fsp3) is 0.667. The summed E-state index contributed by atoms with van der Waals surface area (Å²) in [6.45, 7) is 10.5. The molecule has 0 aliphatic carbocycles. The molecule has 0 spiro atoms. The van der Waals surface area contributed by atoms with Crippen molar-refractivity contribution in [3.63, 3.8) is 0 Å². The molecule has 3 heterocycles. The van der Waals surface area contributed by atoms with Gasteiger partial charge in [0.1, 0.15) is 0 Å². The first-order valence-electron chi connectivity index (χ1n) is 8.81. The quantitative estimate of drug-likeness (QED) is 0.802. The summed E-state index contributed by atoms with van der Waals surface area (Å²) in [5.41, 5.74) is 1.14. The van der Waals surface area contributed by atoms with Crippen LogP contribution in [0.25, 0.3) is 0 Å². The molecule has 2 aliphatic heterocycles. The van der Waals surface area contributed by atoms with E-state index in [9.17, 15) is 9.59 Å². The van der Waals surface area contributed by atoms with Crippen LogP contribution in [0.3, 0.4) is 0 Å². The van der Waals surface area contributed by atoms with Crippen LogP contribution in [0, 0.1) is 5.92 Å². The van der Waals surface area contributed by atoms with E-state index in [1.54, 1.807) is 24.6 Å². The fourth-order valence-corrected chi connectivity index (χ4v) is 3.97. The van der Waals surface area contributed by atoms with Crippen molar-refractivity contribution in [2.45, 2.75) is 26.4 Å². The average molecular weight is 332 g/mol. The molecule has 0 saturated carbocycles. The molecule has 1 amide bonds. The van der Waals surface area contributed by atoms with Gasteiger partial charge in [-0.15, -0.1) is 0 Å². The molecule has 0 N–H and O–H groups in total. The second-order valence-electron chi connectivity index (χ2n) is 7.26. The lowest BCUT2D eigenvalue weighted by Gasteiger charge is -2.39. The summed E-state index contributed by atoms with van der Waals surface area (Å²) in [5, 5.41) is 0. The molecule has 1 aromatic heterocycles. The van der Waals surface area contributed by atoms with Crippen LogP contribution in [0.4, 0.5) is 0 Å². The van der Waals surface area contributed by atoms with Crippen molar-refractivity contribution < 1.29 is 4.79 Å². The molecule has 0 bridgehead atoms. The Balaban J connectivity index is 1.57. The minimum absolute atomic E-state index is 0.0525. The number of hydrogen-bond donors (Lipinski definition) is 0. The molecule has 2 aliphatic rings. The lowest BCUT2D eigenvalue weighted by molar-refractivity contribution is -0.130. The van der Waals surface area contributed by atoms with Crippen LogP contribution >= 0.6 is 0 Å². The van der Waals surface area contributed by atoms with Crippen LogP contribution in [0.2, 0.25) is 0 Å². The zero-order valence-corrected chi connectivity index (χ0v) is 14.9. The van der Waals surface area contributed by atoms with Crippen molar-refractivity contribution in [3.8, 4) is 0 Å². The Labute approximate surface area is 143 Å². The summed E-state index contributed by atoms with van der Waals surface area (Å²) < 4.78 is 1.60. The first kappa shape index (κ1) is 17.2. The molecule has 132 valence electrons. The summed E-state index contributed by atoms with van der Waals surface area (Å²) in [6, 6.07) is 4.32. The maximum atomic E-state index is 11.8. The van der Waals surface area contributed by atoms with Crippen LogP contribution in [-0.2, 0) is 18.4 Å². The van der Waals surface area contributed by atoms with E-state index in [2.05, 4.69) is 16.7 Å².